The maximum Gasteiger partial charge on any atom is 0.253 e. The van der Waals surface area contributed by atoms with Gasteiger partial charge in [0.25, 0.3) is 5.89 Å². The highest BCUT2D eigenvalue weighted by atomic mass is 16.5. The third-order valence-electron chi connectivity index (χ3n) is 2.38. The molecule has 2 N–H and O–H groups in total. The van der Waals surface area contributed by atoms with Crippen LogP contribution < -0.4 is 5.73 Å². The summed E-state index contributed by atoms with van der Waals surface area (Å²) in [4.78, 5) is 8.55. The highest BCUT2D eigenvalue weighted by Gasteiger charge is 2.12. The highest BCUT2D eigenvalue weighted by molar-refractivity contribution is 5.53. The van der Waals surface area contributed by atoms with E-state index in [4.69, 9.17) is 15.0 Å². The Hall–Kier alpha value is -1.79. The van der Waals surface area contributed by atoms with E-state index in [0.29, 0.717) is 24.9 Å². The Labute approximate surface area is 105 Å². The van der Waals surface area contributed by atoms with Crippen molar-refractivity contribution >= 4 is 0 Å². The first-order valence-electron chi connectivity index (χ1n) is 5.74. The Morgan fingerprint density at radius 1 is 1.39 bits per heavy atom. The second-order valence-electron chi connectivity index (χ2n) is 4.03. The van der Waals surface area contributed by atoms with Gasteiger partial charge in [0.1, 0.15) is 12.3 Å². The maximum absolute atomic E-state index is 5.32. The monoisotopic (exact) mass is 248 g/mol. The van der Waals surface area contributed by atoms with Gasteiger partial charge < -0.3 is 15.0 Å². The molecule has 0 amide bonds. The number of rotatable bonds is 5. The van der Waals surface area contributed by atoms with Crippen molar-refractivity contribution in [2.75, 3.05) is 13.2 Å². The number of aryl methyl sites for hydroxylation is 2. The molecule has 0 bridgehead atoms. The smallest absolute Gasteiger partial charge is 0.253 e. The Morgan fingerprint density at radius 2 is 2.22 bits per heavy atom. The van der Waals surface area contributed by atoms with Crippen LogP contribution in [0, 0.1) is 13.8 Å². The standard InChI is InChI=1S/C12H16N4O2/c1-8-5-9(2)11(14-6-8)12-15-10(18-16-12)7-17-4-3-13/h5-6H,3-4,7,13H2,1-2H3. The molecule has 0 saturated carbocycles. The summed E-state index contributed by atoms with van der Waals surface area (Å²) in [6.07, 6.45) is 1.78. The second kappa shape index (κ2) is 5.70. The lowest BCUT2D eigenvalue weighted by molar-refractivity contribution is 0.104. The fourth-order valence-corrected chi connectivity index (χ4v) is 1.60. The van der Waals surface area contributed by atoms with Crippen LogP contribution in [0.2, 0.25) is 0 Å². The van der Waals surface area contributed by atoms with E-state index < -0.39 is 0 Å². The molecule has 6 nitrogen and oxygen atoms in total. The minimum atomic E-state index is 0.273. The number of hydrogen-bond donors (Lipinski definition) is 1. The van der Waals surface area contributed by atoms with Gasteiger partial charge in [0.2, 0.25) is 5.82 Å². The molecule has 2 rings (SSSR count). The van der Waals surface area contributed by atoms with E-state index >= 15 is 0 Å². The number of nitrogens with two attached hydrogens (primary N) is 1. The van der Waals surface area contributed by atoms with Gasteiger partial charge in [-0.2, -0.15) is 4.98 Å². The van der Waals surface area contributed by atoms with Crippen LogP contribution >= 0.6 is 0 Å². The van der Waals surface area contributed by atoms with Gasteiger partial charge in [-0.1, -0.05) is 11.2 Å². The molecule has 96 valence electrons. The van der Waals surface area contributed by atoms with Crippen molar-refractivity contribution in [2.24, 2.45) is 5.73 Å². The third kappa shape index (κ3) is 2.91. The second-order valence-corrected chi connectivity index (χ2v) is 4.03. The van der Waals surface area contributed by atoms with E-state index in [1.165, 1.54) is 0 Å². The van der Waals surface area contributed by atoms with Gasteiger partial charge in [0, 0.05) is 12.7 Å². The van der Waals surface area contributed by atoms with Crippen LogP contribution in [0.4, 0.5) is 0 Å². The Balaban J connectivity index is 2.13. The minimum Gasteiger partial charge on any atom is -0.370 e. The van der Waals surface area contributed by atoms with Crippen molar-refractivity contribution in [2.45, 2.75) is 20.5 Å². The molecule has 0 atom stereocenters. The van der Waals surface area contributed by atoms with Crippen molar-refractivity contribution in [1.29, 1.82) is 0 Å². The van der Waals surface area contributed by atoms with Crippen LogP contribution in [0.5, 0.6) is 0 Å². The number of aromatic nitrogens is 3. The van der Waals surface area contributed by atoms with Crippen LogP contribution in [0.25, 0.3) is 11.5 Å². The zero-order valence-electron chi connectivity index (χ0n) is 10.5. The van der Waals surface area contributed by atoms with Gasteiger partial charge in [-0.3, -0.25) is 4.98 Å². The van der Waals surface area contributed by atoms with E-state index in [0.717, 1.165) is 16.8 Å². The molecule has 0 radical (unpaired) electrons. The summed E-state index contributed by atoms with van der Waals surface area (Å²) < 4.78 is 10.3. The lowest BCUT2D eigenvalue weighted by atomic mass is 10.1. The molecule has 0 saturated heterocycles. The van der Waals surface area contributed by atoms with E-state index in [1.807, 2.05) is 19.9 Å². The van der Waals surface area contributed by atoms with E-state index in [-0.39, 0.29) is 6.61 Å². The average molecular weight is 248 g/mol. The van der Waals surface area contributed by atoms with Gasteiger partial charge in [0.05, 0.1) is 6.61 Å². The first kappa shape index (κ1) is 12.7. The molecule has 0 aromatic carbocycles. The van der Waals surface area contributed by atoms with Gasteiger partial charge >= 0.3 is 0 Å². The molecule has 2 heterocycles. The van der Waals surface area contributed by atoms with Crippen LogP contribution in [0.15, 0.2) is 16.8 Å². The summed E-state index contributed by atoms with van der Waals surface area (Å²) in [5, 5.41) is 3.90. The fraction of sp³-hybridized carbons (Fsp3) is 0.417. The molecule has 0 aliphatic rings. The van der Waals surface area contributed by atoms with Crippen LogP contribution in [-0.4, -0.2) is 28.3 Å². The van der Waals surface area contributed by atoms with Crippen molar-refractivity contribution in [3.8, 4) is 11.5 Å². The Bertz CT molecular complexity index is 525. The topological polar surface area (TPSA) is 87.1 Å². The van der Waals surface area contributed by atoms with Gasteiger partial charge in [-0.05, 0) is 25.0 Å². The van der Waals surface area contributed by atoms with Crippen molar-refractivity contribution < 1.29 is 9.26 Å². The maximum atomic E-state index is 5.32. The average Bonchev–Trinajstić information content (AvgIpc) is 2.78. The highest BCUT2D eigenvalue weighted by Crippen LogP contribution is 2.18. The van der Waals surface area contributed by atoms with Gasteiger partial charge in [0.15, 0.2) is 0 Å². The summed E-state index contributed by atoms with van der Waals surface area (Å²) in [5.74, 6) is 0.916. The third-order valence-corrected chi connectivity index (χ3v) is 2.38. The van der Waals surface area contributed by atoms with E-state index in [1.54, 1.807) is 6.20 Å². The molecular formula is C12H16N4O2. The number of ether oxygens (including phenoxy) is 1. The summed E-state index contributed by atoms with van der Waals surface area (Å²) >= 11 is 0. The van der Waals surface area contributed by atoms with Gasteiger partial charge in [-0.15, -0.1) is 0 Å². The molecule has 0 aliphatic carbocycles. The van der Waals surface area contributed by atoms with E-state index in [2.05, 4.69) is 15.1 Å². The largest absolute Gasteiger partial charge is 0.370 e. The lowest BCUT2D eigenvalue weighted by Crippen LogP contribution is -2.08. The number of pyridine rings is 1. The first-order chi connectivity index (χ1) is 8.70. The minimum absolute atomic E-state index is 0.273. The summed E-state index contributed by atoms with van der Waals surface area (Å²) in [6.45, 7) is 5.18. The SMILES string of the molecule is Cc1cnc(-c2noc(COCCN)n2)c(C)c1. The zero-order chi connectivity index (χ0) is 13.0. The molecule has 6 heteroatoms. The molecule has 2 aromatic heterocycles. The molecule has 0 fully saturated rings. The number of nitrogens with zero attached hydrogens (tertiary/aromatic N) is 3. The molecule has 2 aromatic rings. The first-order valence-corrected chi connectivity index (χ1v) is 5.74. The predicted octanol–water partition coefficient (Wildman–Crippen LogP) is 1.22. The normalized spacial score (nSPS) is 10.8. The Morgan fingerprint density at radius 3 is 2.94 bits per heavy atom. The fourth-order valence-electron chi connectivity index (χ4n) is 1.60. The van der Waals surface area contributed by atoms with Gasteiger partial charge in [-0.25, -0.2) is 0 Å². The van der Waals surface area contributed by atoms with Crippen molar-refractivity contribution in [3.05, 3.63) is 29.3 Å². The zero-order valence-corrected chi connectivity index (χ0v) is 10.5. The number of hydrogen-bond acceptors (Lipinski definition) is 6. The quantitative estimate of drug-likeness (QED) is 0.800. The summed E-state index contributed by atoms with van der Waals surface area (Å²) in [5.41, 5.74) is 8.17. The van der Waals surface area contributed by atoms with E-state index in [9.17, 15) is 0 Å². The van der Waals surface area contributed by atoms with Crippen molar-refractivity contribution in [3.63, 3.8) is 0 Å². The van der Waals surface area contributed by atoms with Crippen molar-refractivity contribution in [1.82, 2.24) is 15.1 Å². The summed E-state index contributed by atoms with van der Waals surface area (Å²) in [7, 11) is 0. The van der Waals surface area contributed by atoms with Crippen LogP contribution in [0.1, 0.15) is 17.0 Å². The summed E-state index contributed by atoms with van der Waals surface area (Å²) in [6, 6.07) is 2.03. The molecule has 0 unspecified atom stereocenters. The predicted molar refractivity (Wildman–Crippen MR) is 65.7 cm³/mol. The molecule has 0 aliphatic heterocycles. The molecule has 18 heavy (non-hydrogen) atoms. The molecule has 0 spiro atoms. The van der Waals surface area contributed by atoms with Crippen LogP contribution in [0.3, 0.4) is 0 Å². The lowest BCUT2D eigenvalue weighted by Gasteiger charge is -2.00. The van der Waals surface area contributed by atoms with Crippen LogP contribution in [-0.2, 0) is 11.3 Å². The Kier molecular flexibility index (Phi) is 4.01. The molecular weight excluding hydrogens is 232 g/mol.